The molecule has 168 valence electrons. The minimum absolute atomic E-state index is 0.195. The van der Waals surface area contributed by atoms with Gasteiger partial charge in [-0.3, -0.25) is 4.79 Å². The minimum atomic E-state index is -0.195. The number of hydrogen-bond acceptors (Lipinski definition) is 3. The van der Waals surface area contributed by atoms with Crippen molar-refractivity contribution in [2.45, 2.75) is 13.3 Å². The number of amides is 1. The fraction of sp³-hybridized carbons (Fsp3) is 0.103. The van der Waals surface area contributed by atoms with Gasteiger partial charge >= 0.3 is 0 Å². The Labute approximate surface area is 198 Å². The molecule has 34 heavy (non-hydrogen) atoms. The molecule has 0 radical (unpaired) electrons. The topological polar surface area (TPSA) is 65.3 Å². The van der Waals surface area contributed by atoms with Gasteiger partial charge in [0, 0.05) is 23.4 Å². The van der Waals surface area contributed by atoms with Crippen molar-refractivity contribution in [1.29, 1.82) is 0 Å². The first-order chi connectivity index (χ1) is 16.5. The molecule has 4 aromatic rings. The van der Waals surface area contributed by atoms with Gasteiger partial charge in [-0.25, -0.2) is 0 Å². The van der Waals surface area contributed by atoms with E-state index in [9.17, 15) is 10.0 Å². The number of benzene rings is 3. The number of nitrogens with zero attached hydrogens (tertiary/aromatic N) is 1. The molecule has 1 amide bonds. The van der Waals surface area contributed by atoms with Gasteiger partial charge in [-0.05, 0) is 54.0 Å². The Hall–Kier alpha value is -4.38. The average Bonchev–Trinajstić information content (AvgIpc) is 2.86. The van der Waals surface area contributed by atoms with Gasteiger partial charge in [0.15, 0.2) is 11.9 Å². The maximum Gasteiger partial charge on any atom is 0.255 e. The smallest absolute Gasteiger partial charge is 0.255 e. The third-order valence-corrected chi connectivity index (χ3v) is 5.90. The van der Waals surface area contributed by atoms with Gasteiger partial charge in [-0.15, -0.1) is 0 Å². The predicted octanol–water partition coefficient (Wildman–Crippen LogP) is 5.30. The highest BCUT2D eigenvalue weighted by Crippen LogP contribution is 2.31. The summed E-state index contributed by atoms with van der Waals surface area (Å²) in [6, 6.07) is 27.3. The first kappa shape index (κ1) is 21.5. The lowest BCUT2D eigenvalue weighted by molar-refractivity contribution is -0.613. The number of fused-ring (bicyclic) bond motifs is 1. The number of carbonyl (C=O) groups is 1. The maximum absolute atomic E-state index is 12.9. The number of hydrogen-bond donors (Lipinski definition) is 1. The van der Waals surface area contributed by atoms with Crippen molar-refractivity contribution in [3.8, 4) is 16.9 Å². The standard InChI is InChI=1S/C29H24N2O3/c1-20-5-9-22(10-6-20)23-11-14-28-24(17-23)18-25(19-34-28)29(32)30-26-12-7-21(8-13-26)16-27-4-2-3-15-31(27)33/h2-15,17-18H,16,19H2,1H3,(H,30,32). The van der Waals surface area contributed by atoms with Crippen molar-refractivity contribution in [1.82, 2.24) is 0 Å². The monoisotopic (exact) mass is 448 g/mol. The van der Waals surface area contributed by atoms with Crippen LogP contribution in [0.15, 0.2) is 96.7 Å². The van der Waals surface area contributed by atoms with E-state index >= 15 is 0 Å². The SMILES string of the molecule is Cc1ccc(-c2ccc3c(c2)C=C(C(=O)Nc2ccc(Cc4cccc[n+]4[O-])cc2)CO3)cc1. The molecule has 0 spiro atoms. The normalized spacial score (nSPS) is 12.3. The van der Waals surface area contributed by atoms with Crippen LogP contribution in [-0.4, -0.2) is 12.5 Å². The fourth-order valence-electron chi connectivity index (χ4n) is 3.96. The molecule has 0 fully saturated rings. The quantitative estimate of drug-likeness (QED) is 0.333. The fourth-order valence-corrected chi connectivity index (χ4v) is 3.96. The first-order valence-electron chi connectivity index (χ1n) is 11.2. The number of aromatic nitrogens is 1. The molecule has 5 nitrogen and oxygen atoms in total. The highest BCUT2D eigenvalue weighted by molar-refractivity contribution is 6.07. The molecule has 5 heteroatoms. The molecule has 1 aliphatic heterocycles. The van der Waals surface area contributed by atoms with E-state index in [1.807, 2.05) is 54.6 Å². The Balaban J connectivity index is 1.29. The van der Waals surface area contributed by atoms with Crippen molar-refractivity contribution in [2.24, 2.45) is 0 Å². The van der Waals surface area contributed by atoms with Crippen molar-refractivity contribution < 1.29 is 14.3 Å². The molecule has 1 aromatic heterocycles. The van der Waals surface area contributed by atoms with Crippen molar-refractivity contribution >= 4 is 17.7 Å². The Morgan fingerprint density at radius 2 is 1.74 bits per heavy atom. The minimum Gasteiger partial charge on any atom is -0.618 e. The van der Waals surface area contributed by atoms with E-state index in [0.29, 0.717) is 23.4 Å². The molecule has 1 N–H and O–H groups in total. The van der Waals surface area contributed by atoms with Crippen LogP contribution in [0.25, 0.3) is 17.2 Å². The summed E-state index contributed by atoms with van der Waals surface area (Å²) in [5.41, 5.74) is 7.22. The van der Waals surface area contributed by atoms with E-state index in [0.717, 1.165) is 32.7 Å². The second-order valence-electron chi connectivity index (χ2n) is 8.42. The number of carbonyl (C=O) groups excluding carboxylic acids is 1. The number of rotatable bonds is 5. The molecule has 0 unspecified atom stereocenters. The third kappa shape index (κ3) is 4.69. The lowest BCUT2D eigenvalue weighted by atomic mass is 9.99. The van der Waals surface area contributed by atoms with Gasteiger partial charge in [0.05, 0.1) is 12.0 Å². The van der Waals surface area contributed by atoms with Gasteiger partial charge in [-0.2, -0.15) is 4.73 Å². The molecule has 3 aromatic carbocycles. The summed E-state index contributed by atoms with van der Waals surface area (Å²) in [5.74, 6) is 0.577. The van der Waals surface area contributed by atoms with E-state index in [1.165, 1.54) is 11.8 Å². The molecular formula is C29H24N2O3. The van der Waals surface area contributed by atoms with Gasteiger partial charge in [-0.1, -0.05) is 54.1 Å². The molecule has 0 saturated carbocycles. The van der Waals surface area contributed by atoms with Crippen LogP contribution in [-0.2, 0) is 11.2 Å². The lowest BCUT2D eigenvalue weighted by Crippen LogP contribution is -2.30. The highest BCUT2D eigenvalue weighted by atomic mass is 16.5. The van der Waals surface area contributed by atoms with E-state index in [1.54, 1.807) is 12.1 Å². The molecule has 1 aliphatic rings. The zero-order valence-corrected chi connectivity index (χ0v) is 18.8. The molecule has 5 rings (SSSR count). The van der Waals surface area contributed by atoms with Crippen molar-refractivity contribution in [3.63, 3.8) is 0 Å². The summed E-state index contributed by atoms with van der Waals surface area (Å²) in [6.45, 7) is 2.29. The second-order valence-corrected chi connectivity index (χ2v) is 8.42. The Bertz CT molecular complexity index is 1370. The molecule has 0 saturated heterocycles. The lowest BCUT2D eigenvalue weighted by Gasteiger charge is -2.19. The van der Waals surface area contributed by atoms with Crippen LogP contribution in [0.1, 0.15) is 22.4 Å². The average molecular weight is 449 g/mol. The molecule has 0 aliphatic carbocycles. The van der Waals surface area contributed by atoms with Gasteiger partial charge < -0.3 is 15.3 Å². The van der Waals surface area contributed by atoms with E-state index in [-0.39, 0.29) is 12.5 Å². The summed E-state index contributed by atoms with van der Waals surface area (Å²) in [4.78, 5) is 12.9. The second kappa shape index (κ2) is 9.24. The van der Waals surface area contributed by atoms with Crippen LogP contribution in [0.2, 0.25) is 0 Å². The number of nitrogens with one attached hydrogen (secondary N) is 1. The zero-order chi connectivity index (χ0) is 23.5. The van der Waals surface area contributed by atoms with Crippen LogP contribution < -0.4 is 14.8 Å². The zero-order valence-electron chi connectivity index (χ0n) is 18.8. The van der Waals surface area contributed by atoms with E-state index < -0.39 is 0 Å². The van der Waals surface area contributed by atoms with Crippen molar-refractivity contribution in [2.75, 3.05) is 11.9 Å². The Morgan fingerprint density at radius 3 is 2.50 bits per heavy atom. The van der Waals surface area contributed by atoms with Crippen LogP contribution in [0.3, 0.4) is 0 Å². The van der Waals surface area contributed by atoms with Gasteiger partial charge in [0.1, 0.15) is 12.4 Å². The van der Waals surface area contributed by atoms with Crippen LogP contribution in [0, 0.1) is 12.1 Å². The van der Waals surface area contributed by atoms with Crippen LogP contribution >= 0.6 is 0 Å². The van der Waals surface area contributed by atoms with E-state index in [4.69, 9.17) is 4.74 Å². The number of ether oxygens (including phenoxy) is 1. The maximum atomic E-state index is 12.9. The highest BCUT2D eigenvalue weighted by Gasteiger charge is 2.18. The summed E-state index contributed by atoms with van der Waals surface area (Å²) < 4.78 is 6.71. The summed E-state index contributed by atoms with van der Waals surface area (Å²) in [6.07, 6.45) is 3.91. The number of aryl methyl sites for hydroxylation is 1. The molecule has 2 heterocycles. The first-order valence-corrected chi connectivity index (χ1v) is 11.2. The predicted molar refractivity (Wildman–Crippen MR) is 133 cm³/mol. The Kier molecular flexibility index (Phi) is 5.83. The summed E-state index contributed by atoms with van der Waals surface area (Å²) >= 11 is 0. The summed E-state index contributed by atoms with van der Waals surface area (Å²) in [5, 5.41) is 14.8. The van der Waals surface area contributed by atoms with Gasteiger partial charge in [0.25, 0.3) is 5.91 Å². The largest absolute Gasteiger partial charge is 0.618 e. The molecule has 0 atom stereocenters. The van der Waals surface area contributed by atoms with Gasteiger partial charge in [0.2, 0.25) is 0 Å². The number of anilines is 1. The van der Waals surface area contributed by atoms with E-state index in [2.05, 4.69) is 36.5 Å². The summed E-state index contributed by atoms with van der Waals surface area (Å²) in [7, 11) is 0. The van der Waals surface area contributed by atoms with Crippen LogP contribution in [0.4, 0.5) is 5.69 Å². The number of pyridine rings is 1. The Morgan fingerprint density at radius 1 is 0.971 bits per heavy atom. The van der Waals surface area contributed by atoms with Crippen molar-refractivity contribution in [3.05, 3.63) is 124 Å². The third-order valence-electron chi connectivity index (χ3n) is 5.90. The molecular weight excluding hydrogens is 424 g/mol. The molecule has 0 bridgehead atoms. The van der Waals surface area contributed by atoms with Crippen LogP contribution in [0.5, 0.6) is 5.75 Å².